The average Bonchev–Trinajstić information content (AvgIpc) is 2.05. The summed E-state index contributed by atoms with van der Waals surface area (Å²) >= 11 is 6.84. The first kappa shape index (κ1) is 13.7. The van der Waals surface area contributed by atoms with Crippen LogP contribution in [0.1, 0.15) is 0 Å². The monoisotopic (exact) mass is 230 g/mol. The van der Waals surface area contributed by atoms with Crippen molar-refractivity contribution >= 4 is 17.2 Å². The third kappa shape index (κ3) is 3.44. The Morgan fingerprint density at radius 2 is 0.929 bits per heavy atom. The van der Waals surface area contributed by atoms with Gasteiger partial charge in [-0.05, 0) is 0 Å². The Morgan fingerprint density at radius 1 is 0.714 bits per heavy atom. The molecule has 0 spiro atoms. The van der Waals surface area contributed by atoms with E-state index in [9.17, 15) is 0 Å². The molecule has 0 radical (unpaired) electrons. The molecule has 0 heterocycles. The van der Waals surface area contributed by atoms with Gasteiger partial charge >= 0.3 is 92.5 Å². The van der Waals surface area contributed by atoms with Gasteiger partial charge in [0.2, 0.25) is 0 Å². The van der Waals surface area contributed by atoms with Crippen LogP contribution in [0.2, 0.25) is 0 Å². The molecule has 0 fully saturated rings. The van der Waals surface area contributed by atoms with Crippen LogP contribution in [0.4, 0.5) is 0 Å². The molecule has 0 rings (SSSR count). The van der Waals surface area contributed by atoms with Crippen LogP contribution in [-0.2, 0) is 0 Å². The molecule has 2 heteroatoms. The fourth-order valence-electron chi connectivity index (χ4n) is 1.74. The van der Waals surface area contributed by atoms with E-state index in [4.69, 9.17) is 11.2 Å². The molecule has 14 heavy (non-hydrogen) atoms. The Balaban J connectivity index is 5.05. The summed E-state index contributed by atoms with van der Waals surface area (Å²) in [4.78, 5) is 0. The summed E-state index contributed by atoms with van der Waals surface area (Å²) in [5.41, 5.74) is 0. The molecule has 0 aromatic carbocycles. The predicted octanol–water partition coefficient (Wildman–Crippen LogP) is 4.44. The third-order valence-electron chi connectivity index (χ3n) is 2.34. The Labute approximate surface area is 92.8 Å². The van der Waals surface area contributed by atoms with Crippen molar-refractivity contribution in [2.24, 2.45) is 0 Å². The number of hydrogen-bond acceptors (Lipinski definition) is 0. The predicted molar refractivity (Wildman–Crippen MR) is 73.0 cm³/mol. The third-order valence-corrected chi connectivity index (χ3v) is 8.68. The maximum atomic E-state index is 6.84. The van der Waals surface area contributed by atoms with Crippen LogP contribution in [0.5, 0.6) is 0 Å². The molecule has 0 atom stereocenters. The van der Waals surface area contributed by atoms with E-state index in [1.165, 1.54) is 0 Å². The average molecular weight is 231 g/mol. The summed E-state index contributed by atoms with van der Waals surface area (Å²) in [5.74, 6) is -2.27. The Kier molecular flexibility index (Phi) is 5.41. The second kappa shape index (κ2) is 5.53. The minimum absolute atomic E-state index is 0.858. The van der Waals surface area contributed by atoms with Gasteiger partial charge in [0.05, 0.1) is 0 Å². The van der Waals surface area contributed by atoms with E-state index in [1.54, 1.807) is 0 Å². The second-order valence-corrected chi connectivity index (χ2v) is 11.7. The van der Waals surface area contributed by atoms with Crippen LogP contribution < -0.4 is 0 Å². The minimum atomic E-state index is -2.27. The Hall–Kier alpha value is -0.320. The molecule has 0 aliphatic carbocycles. The Morgan fingerprint density at radius 3 is 1.07 bits per heavy atom. The molecular formula is C12H20ClP. The van der Waals surface area contributed by atoms with Gasteiger partial charge in [-0.25, -0.2) is 0 Å². The summed E-state index contributed by atoms with van der Waals surface area (Å²) in [6, 6.07) is 0. The zero-order valence-electron chi connectivity index (χ0n) is 8.79. The van der Waals surface area contributed by atoms with Crippen molar-refractivity contribution in [3.8, 4) is 0 Å². The number of allylic oxidation sites excluding steroid dienone is 4. The van der Waals surface area contributed by atoms with Crippen LogP contribution >= 0.6 is 17.2 Å². The van der Waals surface area contributed by atoms with Gasteiger partial charge in [0.15, 0.2) is 0 Å². The Bertz CT molecular complexity index is 191. The quantitative estimate of drug-likeness (QED) is 0.427. The van der Waals surface area contributed by atoms with Gasteiger partial charge < -0.3 is 0 Å². The molecule has 0 aliphatic heterocycles. The van der Waals surface area contributed by atoms with Gasteiger partial charge in [0, 0.05) is 0 Å². The normalized spacial score (nSPS) is 13.6. The molecule has 0 unspecified atom stereocenters. The van der Waals surface area contributed by atoms with Crippen molar-refractivity contribution in [3.05, 3.63) is 50.6 Å². The molecule has 0 amide bonds. The van der Waals surface area contributed by atoms with Crippen LogP contribution in [0, 0.1) is 0 Å². The molecule has 0 aromatic rings. The van der Waals surface area contributed by atoms with E-state index in [0.717, 1.165) is 24.6 Å². The van der Waals surface area contributed by atoms with Crippen molar-refractivity contribution in [1.82, 2.24) is 0 Å². The van der Waals surface area contributed by atoms with Gasteiger partial charge in [-0.15, -0.1) is 0 Å². The zero-order chi connectivity index (χ0) is 11.1. The van der Waals surface area contributed by atoms with E-state index in [2.05, 4.69) is 26.3 Å². The van der Waals surface area contributed by atoms with Gasteiger partial charge in [-0.2, -0.15) is 0 Å². The number of halogens is 1. The first-order valence-corrected chi connectivity index (χ1v) is 8.58. The van der Waals surface area contributed by atoms with Crippen molar-refractivity contribution < 1.29 is 0 Å². The van der Waals surface area contributed by atoms with Gasteiger partial charge in [-0.3, -0.25) is 0 Å². The fourth-order valence-corrected chi connectivity index (χ4v) is 6.38. The summed E-state index contributed by atoms with van der Waals surface area (Å²) in [6.45, 7) is 15.1. The zero-order valence-corrected chi connectivity index (χ0v) is 10.4. The van der Waals surface area contributed by atoms with Crippen molar-refractivity contribution in [2.75, 3.05) is 24.6 Å². The van der Waals surface area contributed by atoms with Crippen LogP contribution in [0.25, 0.3) is 0 Å². The standard InChI is InChI=1S/C12H20ClP/c1-5-9-14(13,10-6-2,11-7-3)12-8-4/h5-8H,1-4,9-12H2. The van der Waals surface area contributed by atoms with E-state index < -0.39 is 5.96 Å². The molecule has 0 aromatic heterocycles. The molecule has 80 valence electrons. The number of hydrogen-bond donors (Lipinski definition) is 0. The molecule has 0 aliphatic rings. The summed E-state index contributed by atoms with van der Waals surface area (Å²) < 4.78 is 0. The van der Waals surface area contributed by atoms with Crippen LogP contribution in [0.15, 0.2) is 50.6 Å². The van der Waals surface area contributed by atoms with Crippen LogP contribution in [0.3, 0.4) is 0 Å². The molecule has 0 nitrogen and oxygen atoms in total. The van der Waals surface area contributed by atoms with Gasteiger partial charge in [0.25, 0.3) is 0 Å². The fraction of sp³-hybridized carbons (Fsp3) is 0.333. The molecule has 0 saturated heterocycles. The van der Waals surface area contributed by atoms with Crippen molar-refractivity contribution in [2.45, 2.75) is 0 Å². The van der Waals surface area contributed by atoms with E-state index >= 15 is 0 Å². The van der Waals surface area contributed by atoms with E-state index in [-0.39, 0.29) is 0 Å². The van der Waals surface area contributed by atoms with Crippen molar-refractivity contribution in [3.63, 3.8) is 0 Å². The van der Waals surface area contributed by atoms with Gasteiger partial charge in [-0.1, -0.05) is 0 Å². The van der Waals surface area contributed by atoms with E-state index in [0.29, 0.717) is 0 Å². The van der Waals surface area contributed by atoms with Gasteiger partial charge in [0.1, 0.15) is 0 Å². The number of rotatable bonds is 8. The SMILES string of the molecule is C=CCP(Cl)(CC=C)(CC=C)CC=C. The molecule has 0 saturated carbocycles. The van der Waals surface area contributed by atoms with Crippen LogP contribution in [-0.4, -0.2) is 24.6 Å². The molecule has 0 N–H and O–H groups in total. The summed E-state index contributed by atoms with van der Waals surface area (Å²) in [5, 5.41) is 0. The second-order valence-electron chi connectivity index (χ2n) is 3.70. The summed E-state index contributed by atoms with van der Waals surface area (Å²) in [7, 11) is 0. The molecule has 0 bridgehead atoms. The first-order valence-electron chi connectivity index (χ1n) is 4.70. The van der Waals surface area contributed by atoms with E-state index in [1.807, 2.05) is 24.3 Å². The first-order chi connectivity index (χ1) is 6.54. The molecular weight excluding hydrogens is 211 g/mol. The topological polar surface area (TPSA) is 0 Å². The maximum absolute atomic E-state index is 6.84. The van der Waals surface area contributed by atoms with Crippen molar-refractivity contribution in [1.29, 1.82) is 0 Å². The summed E-state index contributed by atoms with van der Waals surface area (Å²) in [6.07, 6.45) is 11.0.